The first-order valence-electron chi connectivity index (χ1n) is 21.0. The Labute approximate surface area is 363 Å². The molecule has 0 fully saturated rings. The van der Waals surface area contributed by atoms with Crippen molar-refractivity contribution in [2.75, 3.05) is 13.2 Å². The van der Waals surface area contributed by atoms with E-state index in [9.17, 15) is 9.59 Å². The predicted molar refractivity (Wildman–Crippen MR) is 246 cm³/mol. The van der Waals surface area contributed by atoms with Crippen LogP contribution in [0.1, 0.15) is 55.5 Å². The minimum Gasteiger partial charge on any atom is -0.461 e. The van der Waals surface area contributed by atoms with Gasteiger partial charge in [-0.2, -0.15) is 13.2 Å². The first-order chi connectivity index (χ1) is 30.1. The monoisotopic (exact) mass is 836 g/mol. The molecule has 10 rings (SSSR count). The smallest absolute Gasteiger partial charge is 0.402 e. The summed E-state index contributed by atoms with van der Waals surface area (Å²) in [6.45, 7) is 14.6. The lowest BCUT2D eigenvalue weighted by Crippen LogP contribution is -2.38. The van der Waals surface area contributed by atoms with Gasteiger partial charge in [-0.1, -0.05) is 143 Å². The zero-order valence-electron chi connectivity index (χ0n) is 35.4. The number of esters is 2. The van der Waals surface area contributed by atoms with Crippen LogP contribution in [0.4, 0.5) is 13.2 Å². The Morgan fingerprint density at radius 3 is 1.62 bits per heavy atom. The summed E-state index contributed by atoms with van der Waals surface area (Å²) in [6, 6.07) is 41.3. The molecule has 2 aliphatic carbocycles. The highest BCUT2D eigenvalue weighted by Gasteiger charge is 2.58. The lowest BCUT2D eigenvalue weighted by Gasteiger charge is -2.31. The van der Waals surface area contributed by atoms with Crippen LogP contribution in [0.2, 0.25) is 0 Å². The van der Waals surface area contributed by atoms with Crippen molar-refractivity contribution >= 4 is 44.3 Å². The highest BCUT2D eigenvalue weighted by Crippen LogP contribution is 2.58. The topological polar surface area (TPSA) is 52.6 Å². The molecular formula is C56H43F3O4. The molecule has 63 heavy (non-hydrogen) atoms. The van der Waals surface area contributed by atoms with Crippen molar-refractivity contribution in [2.24, 2.45) is 0 Å². The number of ether oxygens (including phenoxy) is 2. The molecule has 0 radical (unpaired) electrons. The van der Waals surface area contributed by atoms with E-state index < -0.39 is 28.9 Å². The summed E-state index contributed by atoms with van der Waals surface area (Å²) >= 11 is 0. The normalized spacial score (nSPS) is 16.1. The first-order valence-corrected chi connectivity index (χ1v) is 21.0. The third-order valence-corrected chi connectivity index (χ3v) is 13.6. The van der Waals surface area contributed by atoms with Crippen LogP contribution >= 0.6 is 0 Å². The second-order valence-corrected chi connectivity index (χ2v) is 18.1. The molecular weight excluding hydrogens is 794 g/mol. The second kappa shape index (κ2) is 14.0. The molecule has 0 heterocycles. The maximum absolute atomic E-state index is 15.9. The fourth-order valence-electron chi connectivity index (χ4n) is 10.2. The van der Waals surface area contributed by atoms with Crippen molar-refractivity contribution in [3.63, 3.8) is 0 Å². The minimum atomic E-state index is -4.64. The van der Waals surface area contributed by atoms with Gasteiger partial charge in [-0.25, -0.2) is 9.59 Å². The highest BCUT2D eigenvalue weighted by molar-refractivity contribution is 6.25. The molecule has 4 nitrogen and oxygen atoms in total. The average molecular weight is 837 g/mol. The van der Waals surface area contributed by atoms with E-state index in [2.05, 4.69) is 76.4 Å². The van der Waals surface area contributed by atoms with Crippen LogP contribution in [0, 0.1) is 0 Å². The van der Waals surface area contributed by atoms with Crippen LogP contribution in [0.5, 0.6) is 0 Å². The van der Waals surface area contributed by atoms with Crippen molar-refractivity contribution < 1.29 is 32.2 Å². The van der Waals surface area contributed by atoms with Gasteiger partial charge in [-0.3, -0.25) is 0 Å². The van der Waals surface area contributed by atoms with Crippen LogP contribution in [-0.2, 0) is 35.3 Å². The summed E-state index contributed by atoms with van der Waals surface area (Å²) in [4.78, 5) is 25.0. The van der Waals surface area contributed by atoms with E-state index in [1.165, 1.54) is 12.5 Å². The lowest BCUT2D eigenvalue weighted by molar-refractivity contribution is -0.172. The van der Waals surface area contributed by atoms with E-state index in [0.717, 1.165) is 72.3 Å². The molecule has 0 aliphatic heterocycles. The molecule has 0 N–H and O–H groups in total. The van der Waals surface area contributed by atoms with E-state index in [0.29, 0.717) is 27.8 Å². The Hall–Kier alpha value is -6.99. The van der Waals surface area contributed by atoms with E-state index in [1.54, 1.807) is 18.2 Å². The summed E-state index contributed by atoms with van der Waals surface area (Å²) in [7, 11) is 0. The van der Waals surface area contributed by atoms with E-state index in [4.69, 9.17) is 9.47 Å². The number of rotatable bonds is 8. The Kier molecular flexibility index (Phi) is 8.92. The maximum atomic E-state index is 15.9. The number of benzene rings is 8. The van der Waals surface area contributed by atoms with Gasteiger partial charge in [-0.15, -0.1) is 0 Å². The van der Waals surface area contributed by atoms with Crippen molar-refractivity contribution in [1.29, 1.82) is 0 Å². The molecule has 8 aromatic carbocycles. The summed E-state index contributed by atoms with van der Waals surface area (Å²) in [5, 5.41) is 6.62. The quantitative estimate of drug-likeness (QED) is 0.0869. The second-order valence-electron chi connectivity index (χ2n) is 18.1. The van der Waals surface area contributed by atoms with Gasteiger partial charge in [0.1, 0.15) is 18.6 Å². The number of alkyl halides is 3. The molecule has 0 saturated carbocycles. The van der Waals surface area contributed by atoms with Gasteiger partial charge in [0.25, 0.3) is 0 Å². The molecule has 1 unspecified atom stereocenters. The van der Waals surface area contributed by atoms with Gasteiger partial charge in [0.2, 0.25) is 0 Å². The molecule has 2 aliphatic rings. The molecule has 0 bridgehead atoms. The minimum absolute atomic E-state index is 0.0320. The van der Waals surface area contributed by atoms with E-state index >= 15 is 13.2 Å². The van der Waals surface area contributed by atoms with Gasteiger partial charge in [-0.05, 0) is 135 Å². The Morgan fingerprint density at radius 2 is 1.03 bits per heavy atom. The molecule has 0 spiro atoms. The molecule has 1 atom stereocenters. The standard InChI is InChI=1S/C56H43F3O4/c1-7-49(60)62-30-55(31-63-50(61)8-2)45-12-10-9-11-40(45)43-22-17-34(28-48(43)55)33-16-21-41-42-23-18-35(29-47(42)54(6,46(41)27-33)56(57,58)59)39-20-15-32-13-14-36-25-38(53(3,4)5)26-37-19-24-44(39)52(32)51(36)37/h7-29H,1-2,30-31H2,3-6H3. The fourth-order valence-corrected chi connectivity index (χ4v) is 10.2. The zero-order chi connectivity index (χ0) is 44.2. The summed E-state index contributed by atoms with van der Waals surface area (Å²) in [5.41, 5.74) is 5.24. The molecule has 7 heteroatoms. The van der Waals surface area contributed by atoms with Crippen LogP contribution in [-0.4, -0.2) is 31.3 Å². The fraction of sp³-hybridized carbons (Fsp3) is 0.179. The maximum Gasteiger partial charge on any atom is 0.402 e. The Bertz CT molecular complexity index is 3220. The zero-order valence-corrected chi connectivity index (χ0v) is 35.4. The SMILES string of the molecule is C=CC(=O)OCC1(COC(=O)C=C)c2ccccc2-c2ccc(-c3ccc4c(c3)C(C)(C(F)(F)F)c3cc(-c5ccc6ccc7cc(C(C)(C)C)cc8ccc5c6c78)ccc3-4)cc21. The number of hydrogen-bond donors (Lipinski definition) is 0. The Morgan fingerprint density at radius 1 is 0.556 bits per heavy atom. The molecule has 0 aromatic heterocycles. The van der Waals surface area contributed by atoms with Gasteiger partial charge in [0.15, 0.2) is 0 Å². The van der Waals surface area contributed by atoms with E-state index in [1.807, 2.05) is 66.7 Å². The largest absolute Gasteiger partial charge is 0.461 e. The third kappa shape index (κ3) is 5.96. The third-order valence-electron chi connectivity index (χ3n) is 13.6. The summed E-state index contributed by atoms with van der Waals surface area (Å²) in [5.74, 6) is -1.29. The predicted octanol–water partition coefficient (Wildman–Crippen LogP) is 13.8. The van der Waals surface area contributed by atoms with Crippen molar-refractivity contribution in [3.8, 4) is 44.5 Å². The highest BCUT2D eigenvalue weighted by atomic mass is 19.4. The van der Waals surface area contributed by atoms with E-state index in [-0.39, 0.29) is 29.8 Å². The summed E-state index contributed by atoms with van der Waals surface area (Å²) in [6.07, 6.45) is -2.51. The van der Waals surface area contributed by atoms with Crippen LogP contribution in [0.25, 0.3) is 76.8 Å². The summed E-state index contributed by atoms with van der Waals surface area (Å²) < 4.78 is 59.1. The van der Waals surface area contributed by atoms with Gasteiger partial charge >= 0.3 is 18.1 Å². The van der Waals surface area contributed by atoms with Crippen molar-refractivity contribution in [3.05, 3.63) is 181 Å². The van der Waals surface area contributed by atoms with Gasteiger partial charge in [0.05, 0.1) is 5.41 Å². The number of halogens is 3. The van der Waals surface area contributed by atoms with Crippen molar-refractivity contribution in [1.82, 2.24) is 0 Å². The molecule has 0 amide bonds. The number of hydrogen-bond acceptors (Lipinski definition) is 4. The van der Waals surface area contributed by atoms with Gasteiger partial charge in [0, 0.05) is 12.2 Å². The molecule has 0 saturated heterocycles. The molecule has 312 valence electrons. The first kappa shape index (κ1) is 40.1. The number of carbonyl (C=O) groups excluding carboxylic acids is 2. The molecule has 8 aromatic rings. The van der Waals surface area contributed by atoms with Crippen LogP contribution in [0.15, 0.2) is 153 Å². The number of fused-ring (bicyclic) bond motifs is 6. The van der Waals surface area contributed by atoms with Crippen LogP contribution in [0.3, 0.4) is 0 Å². The lowest BCUT2D eigenvalue weighted by atomic mass is 9.77. The average Bonchev–Trinajstić information content (AvgIpc) is 3.71. The number of carbonyl (C=O) groups is 2. The van der Waals surface area contributed by atoms with Gasteiger partial charge < -0.3 is 9.47 Å². The van der Waals surface area contributed by atoms with Crippen molar-refractivity contribution in [2.45, 2.75) is 50.1 Å². The van der Waals surface area contributed by atoms with Crippen LogP contribution < -0.4 is 0 Å². The Balaban J connectivity index is 1.09.